The first-order valence-corrected chi connectivity index (χ1v) is 11.6. The van der Waals surface area contributed by atoms with Crippen molar-refractivity contribution in [2.45, 2.75) is 24.5 Å². The Morgan fingerprint density at radius 1 is 1.29 bits per heavy atom. The van der Waals surface area contributed by atoms with E-state index in [-0.39, 0.29) is 5.56 Å². The van der Waals surface area contributed by atoms with Crippen LogP contribution < -0.4 is 10.9 Å². The largest absolute Gasteiger partial charge is 0.317 e. The molecule has 2 aromatic heterocycles. The first kappa shape index (κ1) is 19.9. The Kier molecular flexibility index (Phi) is 6.06. The molecular formula is C20H20BrClN4OS. The van der Waals surface area contributed by atoms with E-state index in [0.717, 1.165) is 41.4 Å². The highest BCUT2D eigenvalue weighted by molar-refractivity contribution is 9.10. The van der Waals surface area contributed by atoms with E-state index in [1.165, 1.54) is 11.8 Å². The Hall–Kier alpha value is -1.41. The number of hydrogen-bond acceptors (Lipinski definition) is 5. The van der Waals surface area contributed by atoms with Crippen molar-refractivity contribution in [1.29, 1.82) is 0 Å². The molecule has 0 amide bonds. The van der Waals surface area contributed by atoms with Crippen LogP contribution >= 0.6 is 39.3 Å². The summed E-state index contributed by atoms with van der Waals surface area (Å²) in [6.07, 6.45) is 5.84. The van der Waals surface area contributed by atoms with Crippen molar-refractivity contribution in [3.63, 3.8) is 0 Å². The molecule has 4 rings (SSSR count). The van der Waals surface area contributed by atoms with Crippen LogP contribution in [0.4, 0.5) is 0 Å². The zero-order valence-corrected chi connectivity index (χ0v) is 18.6. The molecule has 1 aliphatic heterocycles. The summed E-state index contributed by atoms with van der Waals surface area (Å²) < 4.78 is 2.70. The average Bonchev–Trinajstić information content (AvgIpc) is 2.71. The molecule has 0 spiro atoms. The van der Waals surface area contributed by atoms with E-state index in [1.807, 2.05) is 35.1 Å². The van der Waals surface area contributed by atoms with Gasteiger partial charge in [0.2, 0.25) is 0 Å². The highest BCUT2D eigenvalue weighted by Crippen LogP contribution is 2.30. The second-order valence-electron chi connectivity index (χ2n) is 6.93. The van der Waals surface area contributed by atoms with Crippen molar-refractivity contribution in [2.75, 3.05) is 19.3 Å². The molecular weight excluding hydrogens is 460 g/mol. The third-order valence-electron chi connectivity index (χ3n) is 5.11. The van der Waals surface area contributed by atoms with Crippen LogP contribution in [0.3, 0.4) is 0 Å². The SMILES string of the molecule is CSc1ncc2cc(-c3ccc(Br)cc3Cl)c(=O)n(CC3CCNCC3)c2n1. The lowest BCUT2D eigenvalue weighted by Crippen LogP contribution is -2.33. The lowest BCUT2D eigenvalue weighted by Gasteiger charge is -2.24. The maximum absolute atomic E-state index is 13.5. The van der Waals surface area contributed by atoms with Gasteiger partial charge in [-0.3, -0.25) is 9.36 Å². The van der Waals surface area contributed by atoms with E-state index in [9.17, 15) is 4.79 Å². The number of piperidine rings is 1. The van der Waals surface area contributed by atoms with Crippen molar-refractivity contribution < 1.29 is 0 Å². The summed E-state index contributed by atoms with van der Waals surface area (Å²) >= 11 is 11.4. The van der Waals surface area contributed by atoms with E-state index in [4.69, 9.17) is 11.6 Å². The summed E-state index contributed by atoms with van der Waals surface area (Å²) in [7, 11) is 0. The Morgan fingerprint density at radius 3 is 2.79 bits per heavy atom. The lowest BCUT2D eigenvalue weighted by atomic mass is 9.97. The van der Waals surface area contributed by atoms with Gasteiger partial charge in [-0.2, -0.15) is 0 Å². The van der Waals surface area contributed by atoms with Gasteiger partial charge in [0.1, 0.15) is 5.65 Å². The number of fused-ring (bicyclic) bond motifs is 1. The Labute approximate surface area is 181 Å². The summed E-state index contributed by atoms with van der Waals surface area (Å²) in [6.45, 7) is 2.63. The highest BCUT2D eigenvalue weighted by atomic mass is 79.9. The minimum absolute atomic E-state index is 0.0546. The molecule has 0 saturated carbocycles. The topological polar surface area (TPSA) is 59.8 Å². The zero-order chi connectivity index (χ0) is 19.7. The van der Waals surface area contributed by atoms with Crippen molar-refractivity contribution in [2.24, 2.45) is 5.92 Å². The Morgan fingerprint density at radius 2 is 2.07 bits per heavy atom. The number of nitrogens with one attached hydrogen (secondary N) is 1. The molecule has 5 nitrogen and oxygen atoms in total. The van der Waals surface area contributed by atoms with Crippen LogP contribution in [-0.4, -0.2) is 33.9 Å². The van der Waals surface area contributed by atoms with E-state index < -0.39 is 0 Å². The summed E-state index contributed by atoms with van der Waals surface area (Å²) in [6, 6.07) is 7.44. The molecule has 0 aliphatic carbocycles. The number of thioether (sulfide) groups is 1. The molecule has 3 heterocycles. The minimum Gasteiger partial charge on any atom is -0.317 e. The standard InChI is InChI=1S/C20H20BrClN4OS/c1-28-20-24-10-13-8-16(15-3-2-14(21)9-17(15)22)19(27)26(18(13)25-20)11-12-4-6-23-7-5-12/h2-3,8-10,12,23H,4-7,11H2,1H3. The van der Waals surface area contributed by atoms with Gasteiger partial charge in [0, 0.05) is 38.8 Å². The maximum atomic E-state index is 13.5. The molecule has 1 aliphatic rings. The molecule has 0 radical (unpaired) electrons. The van der Waals surface area contributed by atoms with Gasteiger partial charge in [-0.05, 0) is 56.3 Å². The quantitative estimate of drug-likeness (QED) is 0.438. The van der Waals surface area contributed by atoms with Gasteiger partial charge in [0.15, 0.2) is 5.16 Å². The van der Waals surface area contributed by atoms with Crippen LogP contribution in [0, 0.1) is 5.92 Å². The van der Waals surface area contributed by atoms with Gasteiger partial charge in [0.05, 0.1) is 0 Å². The van der Waals surface area contributed by atoms with Crippen molar-refractivity contribution in [3.05, 3.63) is 50.3 Å². The maximum Gasteiger partial charge on any atom is 0.260 e. The molecule has 1 fully saturated rings. The second-order valence-corrected chi connectivity index (χ2v) is 9.02. The third kappa shape index (κ3) is 3.99. The predicted molar refractivity (Wildman–Crippen MR) is 119 cm³/mol. The van der Waals surface area contributed by atoms with Gasteiger partial charge in [-0.15, -0.1) is 0 Å². The lowest BCUT2D eigenvalue weighted by molar-refractivity contribution is 0.333. The molecule has 1 aromatic carbocycles. The molecule has 1 saturated heterocycles. The number of rotatable bonds is 4. The van der Waals surface area contributed by atoms with Gasteiger partial charge in [-0.1, -0.05) is 45.4 Å². The number of pyridine rings is 1. The predicted octanol–water partition coefficient (Wildman–Crippen LogP) is 4.60. The van der Waals surface area contributed by atoms with Gasteiger partial charge < -0.3 is 5.32 Å². The third-order valence-corrected chi connectivity index (χ3v) is 6.48. The van der Waals surface area contributed by atoms with Crippen LogP contribution in [-0.2, 0) is 6.54 Å². The normalized spacial score (nSPS) is 15.2. The number of hydrogen-bond donors (Lipinski definition) is 1. The van der Waals surface area contributed by atoms with Crippen LogP contribution in [0.15, 0.2) is 44.9 Å². The fraction of sp³-hybridized carbons (Fsp3) is 0.350. The van der Waals surface area contributed by atoms with Crippen LogP contribution in [0.5, 0.6) is 0 Å². The molecule has 28 heavy (non-hydrogen) atoms. The monoisotopic (exact) mass is 478 g/mol. The number of benzene rings is 1. The molecule has 1 N–H and O–H groups in total. The average molecular weight is 480 g/mol. The molecule has 0 unspecified atom stereocenters. The number of nitrogens with zero attached hydrogens (tertiary/aromatic N) is 3. The second kappa shape index (κ2) is 8.53. The van der Waals surface area contributed by atoms with Crippen LogP contribution in [0.25, 0.3) is 22.2 Å². The van der Waals surface area contributed by atoms with E-state index in [1.54, 1.807) is 6.20 Å². The van der Waals surface area contributed by atoms with E-state index >= 15 is 0 Å². The van der Waals surface area contributed by atoms with E-state index in [0.29, 0.717) is 33.9 Å². The minimum atomic E-state index is -0.0546. The van der Waals surface area contributed by atoms with Crippen molar-refractivity contribution in [1.82, 2.24) is 19.9 Å². The van der Waals surface area contributed by atoms with Crippen LogP contribution in [0.2, 0.25) is 5.02 Å². The van der Waals surface area contributed by atoms with E-state index in [2.05, 4.69) is 31.2 Å². The van der Waals surface area contributed by atoms with Gasteiger partial charge in [0.25, 0.3) is 5.56 Å². The fourth-order valence-corrected chi connectivity index (χ4v) is 4.75. The van der Waals surface area contributed by atoms with Crippen LogP contribution in [0.1, 0.15) is 12.8 Å². The molecule has 0 atom stereocenters. The first-order valence-electron chi connectivity index (χ1n) is 9.17. The number of aromatic nitrogens is 3. The molecule has 146 valence electrons. The van der Waals surface area contributed by atoms with Gasteiger partial charge >= 0.3 is 0 Å². The fourth-order valence-electron chi connectivity index (χ4n) is 3.63. The zero-order valence-electron chi connectivity index (χ0n) is 15.4. The van der Waals surface area contributed by atoms with Crippen molar-refractivity contribution >= 4 is 50.3 Å². The summed E-state index contributed by atoms with van der Waals surface area (Å²) in [4.78, 5) is 22.6. The summed E-state index contributed by atoms with van der Waals surface area (Å²) in [5.41, 5.74) is 1.95. The Bertz CT molecular complexity index is 1080. The highest BCUT2D eigenvalue weighted by Gasteiger charge is 2.20. The summed E-state index contributed by atoms with van der Waals surface area (Å²) in [5.74, 6) is 0.450. The molecule has 0 bridgehead atoms. The Balaban J connectivity index is 1.91. The molecule has 8 heteroatoms. The van der Waals surface area contributed by atoms with Crippen molar-refractivity contribution in [3.8, 4) is 11.1 Å². The van der Waals surface area contributed by atoms with Gasteiger partial charge in [-0.25, -0.2) is 9.97 Å². The molecule has 3 aromatic rings. The number of halogens is 2. The smallest absolute Gasteiger partial charge is 0.260 e. The summed E-state index contributed by atoms with van der Waals surface area (Å²) in [5, 5.41) is 5.44. The first-order chi connectivity index (χ1) is 13.6.